The molecule has 0 spiro atoms. The number of carbonyl (C=O) groups is 1. The summed E-state index contributed by atoms with van der Waals surface area (Å²) in [5.74, 6) is 1.40. The van der Waals surface area contributed by atoms with Gasteiger partial charge in [-0.15, -0.1) is 0 Å². The zero-order chi connectivity index (χ0) is 13.1. The van der Waals surface area contributed by atoms with Gasteiger partial charge in [-0.2, -0.15) is 0 Å². The summed E-state index contributed by atoms with van der Waals surface area (Å²) in [7, 11) is 0. The Morgan fingerprint density at radius 2 is 2.11 bits per heavy atom. The Morgan fingerprint density at radius 1 is 1.44 bits per heavy atom. The molecule has 1 unspecified atom stereocenters. The normalized spacial score (nSPS) is 17.9. The fraction of sp³-hybridized carbons (Fsp3) is 0.714. The van der Waals surface area contributed by atoms with Crippen LogP contribution in [0.5, 0.6) is 0 Å². The fourth-order valence-corrected chi connectivity index (χ4v) is 2.13. The quantitative estimate of drug-likeness (QED) is 0.302. The number of hydrogen-bond acceptors (Lipinski definition) is 2. The van der Waals surface area contributed by atoms with E-state index in [-0.39, 0.29) is 32.7 Å². The molecule has 1 radical (unpaired) electrons. The molecule has 1 aliphatic heterocycles. The average Bonchev–Trinajstić information content (AvgIpc) is 2.36. The molecule has 1 rings (SSSR count). The van der Waals surface area contributed by atoms with E-state index < -0.39 is 0 Å². The van der Waals surface area contributed by atoms with E-state index in [9.17, 15) is 4.79 Å². The van der Waals surface area contributed by atoms with Crippen LogP contribution < -0.4 is 0 Å². The van der Waals surface area contributed by atoms with E-state index in [0.717, 1.165) is 31.6 Å². The van der Waals surface area contributed by atoms with Crippen LogP contribution in [0.15, 0.2) is 12.2 Å². The van der Waals surface area contributed by atoms with Gasteiger partial charge in [-0.25, -0.2) is 0 Å². The molecule has 0 aromatic heterocycles. The van der Waals surface area contributed by atoms with Crippen molar-refractivity contribution in [2.75, 3.05) is 12.3 Å². The summed E-state index contributed by atoms with van der Waals surface area (Å²) in [6, 6.07) is 0.379. The van der Waals surface area contributed by atoms with Crippen molar-refractivity contribution in [1.29, 1.82) is 0 Å². The predicted molar refractivity (Wildman–Crippen MR) is 77.9 cm³/mol. The second-order valence-electron chi connectivity index (χ2n) is 3.81. The molecule has 18 heavy (non-hydrogen) atoms. The van der Waals surface area contributed by atoms with Gasteiger partial charge in [0.25, 0.3) is 0 Å². The summed E-state index contributed by atoms with van der Waals surface area (Å²) in [4.78, 5) is 13.3. The van der Waals surface area contributed by atoms with Crippen LogP contribution in [0, 0.1) is 6.26 Å². The standard InChI is InChI=1S/C12H20NOS.C2H6.Y/c1-3-4-7-11-10-12(14)13(11)8-5-6-9-15-2;1-2;/h4,7,11H,2-3,5-6,8-10H2,1H3;1-2H3;/q-1;;. The fourth-order valence-electron chi connectivity index (χ4n) is 1.72. The molecular weight excluding hydrogens is 319 g/mol. The maximum absolute atomic E-state index is 11.3. The zero-order valence-corrected chi connectivity index (χ0v) is 15.7. The summed E-state index contributed by atoms with van der Waals surface area (Å²) >= 11 is 1.63. The first-order valence-electron chi connectivity index (χ1n) is 6.62. The number of thioether (sulfide) groups is 1. The predicted octanol–water partition coefficient (Wildman–Crippen LogP) is 3.88. The number of carbonyl (C=O) groups excluding carboxylic acids is 1. The van der Waals surface area contributed by atoms with Gasteiger partial charge in [0, 0.05) is 39.3 Å². The number of unbranched alkanes of at least 4 members (excludes halogenated alkanes) is 1. The van der Waals surface area contributed by atoms with Gasteiger partial charge in [0.1, 0.15) is 0 Å². The van der Waals surface area contributed by atoms with Gasteiger partial charge in [-0.05, 0) is 25.0 Å². The molecule has 1 atom stereocenters. The van der Waals surface area contributed by atoms with Crippen molar-refractivity contribution in [3.05, 3.63) is 18.4 Å². The van der Waals surface area contributed by atoms with Gasteiger partial charge in [0.15, 0.2) is 0 Å². The third kappa shape index (κ3) is 7.96. The molecule has 1 fully saturated rings. The molecule has 0 bridgehead atoms. The first-order chi connectivity index (χ1) is 8.29. The molecule has 0 aromatic rings. The van der Waals surface area contributed by atoms with E-state index in [2.05, 4.69) is 25.3 Å². The Hall–Kier alpha value is 0.664. The number of likely N-dealkylation sites (tertiary alicyclic amines) is 1. The van der Waals surface area contributed by atoms with Gasteiger partial charge >= 0.3 is 0 Å². The first kappa shape index (κ1) is 21.0. The Kier molecular flexibility index (Phi) is 16.4. The Labute approximate surface area is 142 Å². The van der Waals surface area contributed by atoms with E-state index in [1.165, 1.54) is 0 Å². The number of hydrogen-bond donors (Lipinski definition) is 0. The van der Waals surface area contributed by atoms with Crippen LogP contribution >= 0.6 is 11.8 Å². The molecule has 1 aliphatic rings. The number of amides is 1. The molecule has 0 aliphatic carbocycles. The van der Waals surface area contributed by atoms with Crippen molar-refractivity contribution in [2.45, 2.75) is 52.5 Å². The largest absolute Gasteiger partial charge is 0.354 e. The maximum atomic E-state index is 11.3. The van der Waals surface area contributed by atoms with Crippen LogP contribution in [-0.4, -0.2) is 29.1 Å². The number of nitrogens with zero attached hydrogens (tertiary/aromatic N) is 1. The molecule has 103 valence electrons. The molecule has 0 saturated carbocycles. The zero-order valence-electron chi connectivity index (χ0n) is 12.0. The van der Waals surface area contributed by atoms with Crippen LogP contribution in [0.2, 0.25) is 0 Å². The number of rotatable bonds is 7. The van der Waals surface area contributed by atoms with Crippen LogP contribution in [-0.2, 0) is 37.5 Å². The molecule has 1 heterocycles. The minimum absolute atomic E-state index is 0. The van der Waals surface area contributed by atoms with Gasteiger partial charge in [-0.1, -0.05) is 32.9 Å². The van der Waals surface area contributed by atoms with Crippen molar-refractivity contribution in [2.24, 2.45) is 0 Å². The van der Waals surface area contributed by atoms with Crippen LogP contribution in [0.4, 0.5) is 0 Å². The van der Waals surface area contributed by atoms with Crippen LogP contribution in [0.1, 0.15) is 46.5 Å². The molecule has 1 amide bonds. The summed E-state index contributed by atoms with van der Waals surface area (Å²) < 4.78 is 0. The molecular formula is C14H26NOSY-. The van der Waals surface area contributed by atoms with Gasteiger partial charge in [0.2, 0.25) is 5.91 Å². The van der Waals surface area contributed by atoms with Crippen molar-refractivity contribution in [3.63, 3.8) is 0 Å². The van der Waals surface area contributed by atoms with Crippen LogP contribution in [0.3, 0.4) is 0 Å². The first-order valence-corrected chi connectivity index (χ1v) is 7.78. The smallest absolute Gasteiger partial charge is 0.225 e. The third-order valence-corrected chi connectivity index (χ3v) is 3.21. The van der Waals surface area contributed by atoms with Crippen LogP contribution in [0.25, 0.3) is 0 Å². The van der Waals surface area contributed by atoms with Gasteiger partial charge < -0.3 is 16.7 Å². The second-order valence-corrected chi connectivity index (χ2v) is 4.63. The van der Waals surface area contributed by atoms with Crippen molar-refractivity contribution in [1.82, 2.24) is 4.90 Å². The SMILES string of the molecule is CC.[CH2-]SCCCCN1C(=O)CC1C=CCC.[Y]. The van der Waals surface area contributed by atoms with E-state index in [1.807, 2.05) is 18.7 Å². The summed E-state index contributed by atoms with van der Waals surface area (Å²) in [5, 5.41) is 0. The van der Waals surface area contributed by atoms with E-state index in [1.54, 1.807) is 11.8 Å². The Balaban J connectivity index is 0. The summed E-state index contributed by atoms with van der Waals surface area (Å²) in [6.45, 7) is 7.03. The molecule has 2 nitrogen and oxygen atoms in total. The molecule has 4 heteroatoms. The van der Waals surface area contributed by atoms with Gasteiger partial charge in [-0.3, -0.25) is 11.1 Å². The van der Waals surface area contributed by atoms with Crippen molar-refractivity contribution >= 4 is 17.7 Å². The van der Waals surface area contributed by atoms with E-state index in [4.69, 9.17) is 0 Å². The van der Waals surface area contributed by atoms with E-state index in [0.29, 0.717) is 18.4 Å². The Morgan fingerprint density at radius 3 is 2.61 bits per heavy atom. The molecule has 0 N–H and O–H groups in total. The maximum Gasteiger partial charge on any atom is 0.225 e. The summed E-state index contributed by atoms with van der Waals surface area (Å²) in [6.07, 6.45) is 12.1. The average molecular weight is 345 g/mol. The molecule has 1 saturated heterocycles. The number of β-lactam (4-membered cyclic amide) rings is 1. The van der Waals surface area contributed by atoms with E-state index >= 15 is 0 Å². The topological polar surface area (TPSA) is 20.3 Å². The van der Waals surface area contributed by atoms with Gasteiger partial charge in [0.05, 0.1) is 12.5 Å². The minimum Gasteiger partial charge on any atom is -0.354 e. The van der Waals surface area contributed by atoms with Crippen molar-refractivity contribution in [3.8, 4) is 0 Å². The summed E-state index contributed by atoms with van der Waals surface area (Å²) in [5.41, 5.74) is 0. The minimum atomic E-state index is 0. The molecule has 0 aromatic carbocycles. The van der Waals surface area contributed by atoms with Crippen molar-refractivity contribution < 1.29 is 37.5 Å². The number of allylic oxidation sites excluding steroid dienone is 1. The monoisotopic (exact) mass is 345 g/mol. The second kappa shape index (κ2) is 14.1. The third-order valence-electron chi connectivity index (χ3n) is 2.64. The Bertz CT molecular complexity index is 234.